The predicted octanol–water partition coefficient (Wildman–Crippen LogP) is 2.05. The normalized spacial score (nSPS) is 20.8. The fourth-order valence-electron chi connectivity index (χ4n) is 2.71. The molecule has 2 rings (SSSR count). The lowest BCUT2D eigenvalue weighted by Gasteiger charge is -2.26. The summed E-state index contributed by atoms with van der Waals surface area (Å²) in [5.41, 5.74) is 0. The molecule has 1 aliphatic rings. The minimum atomic E-state index is -3.85. The smallest absolute Gasteiger partial charge is 0.247 e. The van der Waals surface area contributed by atoms with Crippen molar-refractivity contribution in [3.63, 3.8) is 0 Å². The first-order chi connectivity index (χ1) is 10.7. The molecule has 1 atom stereocenters. The molecule has 1 unspecified atom stereocenters. The molecule has 0 aliphatic carbocycles. The van der Waals surface area contributed by atoms with Crippen LogP contribution in [0.3, 0.4) is 0 Å². The zero-order valence-corrected chi connectivity index (χ0v) is 16.2. The molecule has 1 saturated heterocycles. The van der Waals surface area contributed by atoms with Crippen molar-refractivity contribution in [1.29, 1.82) is 0 Å². The average Bonchev–Trinajstić information content (AvgIpc) is 2.81. The first-order valence-corrected chi connectivity index (χ1v) is 11.4. The van der Waals surface area contributed by atoms with Crippen LogP contribution in [0.2, 0.25) is 0 Å². The lowest BCUT2D eigenvalue weighted by molar-refractivity contribution is 0.323. The SMILES string of the molecule is CCOc1ccc(Br)cc1S(=O)(=O)N(CC)C1CCS(=O)(=O)C1. The molecule has 0 N–H and O–H groups in total. The Bertz CT molecular complexity index is 776. The van der Waals surface area contributed by atoms with E-state index in [1.165, 1.54) is 10.4 Å². The fourth-order valence-corrected chi connectivity index (χ4v) is 6.87. The van der Waals surface area contributed by atoms with Crippen molar-refractivity contribution in [1.82, 2.24) is 4.31 Å². The lowest BCUT2D eigenvalue weighted by Crippen LogP contribution is -2.41. The van der Waals surface area contributed by atoms with E-state index in [-0.39, 0.29) is 28.7 Å². The van der Waals surface area contributed by atoms with Gasteiger partial charge in [0.15, 0.2) is 9.84 Å². The largest absolute Gasteiger partial charge is 0.492 e. The summed E-state index contributed by atoms with van der Waals surface area (Å²) in [5, 5.41) is 0. The van der Waals surface area contributed by atoms with E-state index in [0.717, 1.165) is 0 Å². The number of sulfone groups is 1. The third-order valence-corrected chi connectivity index (χ3v) is 8.01. The summed E-state index contributed by atoms with van der Waals surface area (Å²) in [4.78, 5) is 0.0554. The summed E-state index contributed by atoms with van der Waals surface area (Å²) in [6.07, 6.45) is 0.327. The van der Waals surface area contributed by atoms with Crippen LogP contribution >= 0.6 is 15.9 Å². The van der Waals surface area contributed by atoms with Gasteiger partial charge in [0.05, 0.1) is 18.1 Å². The monoisotopic (exact) mass is 425 g/mol. The van der Waals surface area contributed by atoms with Gasteiger partial charge in [-0.3, -0.25) is 0 Å². The molecule has 1 aromatic carbocycles. The number of rotatable bonds is 6. The summed E-state index contributed by atoms with van der Waals surface area (Å²) in [7, 11) is -7.01. The molecule has 0 radical (unpaired) electrons. The molecule has 9 heteroatoms. The summed E-state index contributed by atoms with van der Waals surface area (Å²) >= 11 is 3.28. The molecule has 1 fully saturated rings. The summed E-state index contributed by atoms with van der Waals surface area (Å²) in [6.45, 7) is 4.04. The van der Waals surface area contributed by atoms with E-state index in [1.54, 1.807) is 26.0 Å². The Morgan fingerprint density at radius 1 is 1.35 bits per heavy atom. The number of hydrogen-bond donors (Lipinski definition) is 0. The highest BCUT2D eigenvalue weighted by atomic mass is 79.9. The maximum atomic E-state index is 13.0. The molecule has 1 heterocycles. The second-order valence-electron chi connectivity index (χ2n) is 5.29. The molecule has 23 heavy (non-hydrogen) atoms. The first kappa shape index (κ1) is 18.7. The standard InChI is InChI=1S/C14H20BrNO5S2/c1-3-16(12-7-8-22(17,18)10-12)23(19,20)14-9-11(15)5-6-13(14)21-4-2/h5-6,9,12H,3-4,7-8,10H2,1-2H3. The van der Waals surface area contributed by atoms with E-state index in [0.29, 0.717) is 17.5 Å². The van der Waals surface area contributed by atoms with Crippen molar-refractivity contribution in [3.8, 4) is 5.75 Å². The fraction of sp³-hybridized carbons (Fsp3) is 0.571. The topological polar surface area (TPSA) is 80.8 Å². The van der Waals surface area contributed by atoms with Crippen molar-refractivity contribution >= 4 is 35.8 Å². The van der Waals surface area contributed by atoms with Gasteiger partial charge in [-0.15, -0.1) is 0 Å². The van der Waals surface area contributed by atoms with Gasteiger partial charge in [0.2, 0.25) is 10.0 Å². The number of ether oxygens (including phenoxy) is 1. The molecule has 0 spiro atoms. The van der Waals surface area contributed by atoms with Gasteiger partial charge in [-0.05, 0) is 31.5 Å². The molecule has 6 nitrogen and oxygen atoms in total. The van der Waals surface area contributed by atoms with Crippen molar-refractivity contribution in [2.45, 2.75) is 31.2 Å². The zero-order valence-electron chi connectivity index (χ0n) is 13.0. The van der Waals surface area contributed by atoms with Gasteiger partial charge in [0.1, 0.15) is 10.6 Å². The number of nitrogens with zero attached hydrogens (tertiary/aromatic N) is 1. The number of benzene rings is 1. The van der Waals surface area contributed by atoms with Crippen molar-refractivity contribution in [2.24, 2.45) is 0 Å². The predicted molar refractivity (Wildman–Crippen MR) is 91.9 cm³/mol. The molecule has 0 saturated carbocycles. The van der Waals surface area contributed by atoms with Gasteiger partial charge in [-0.1, -0.05) is 22.9 Å². The Morgan fingerprint density at radius 3 is 2.57 bits per heavy atom. The van der Waals surface area contributed by atoms with Crippen LogP contribution in [0, 0.1) is 0 Å². The van der Waals surface area contributed by atoms with Gasteiger partial charge in [0, 0.05) is 17.1 Å². The summed E-state index contributed by atoms with van der Waals surface area (Å²) in [6, 6.07) is 4.27. The number of halogens is 1. The highest BCUT2D eigenvalue weighted by Gasteiger charge is 2.39. The second-order valence-corrected chi connectivity index (χ2v) is 10.3. The molecule has 1 aliphatic heterocycles. The van der Waals surface area contributed by atoms with Crippen LogP contribution in [0.1, 0.15) is 20.3 Å². The number of sulfonamides is 1. The van der Waals surface area contributed by atoms with E-state index in [4.69, 9.17) is 4.74 Å². The minimum Gasteiger partial charge on any atom is -0.492 e. The minimum absolute atomic E-state index is 0.0283. The van der Waals surface area contributed by atoms with Gasteiger partial charge < -0.3 is 4.74 Å². The van der Waals surface area contributed by atoms with Crippen LogP contribution in [0.4, 0.5) is 0 Å². The zero-order chi connectivity index (χ0) is 17.3. The molecular weight excluding hydrogens is 406 g/mol. The van der Waals surface area contributed by atoms with Crippen LogP contribution < -0.4 is 4.74 Å². The van der Waals surface area contributed by atoms with Crippen LogP contribution in [0.25, 0.3) is 0 Å². The van der Waals surface area contributed by atoms with E-state index in [1.807, 2.05) is 0 Å². The van der Waals surface area contributed by atoms with Crippen molar-refractivity contribution < 1.29 is 21.6 Å². The summed E-state index contributed by atoms with van der Waals surface area (Å²) in [5.74, 6) is 0.174. The quantitative estimate of drug-likeness (QED) is 0.696. The molecule has 130 valence electrons. The highest BCUT2D eigenvalue weighted by Crippen LogP contribution is 2.32. The van der Waals surface area contributed by atoms with Crippen LogP contribution in [-0.4, -0.2) is 51.8 Å². The Morgan fingerprint density at radius 2 is 2.04 bits per heavy atom. The number of hydrogen-bond acceptors (Lipinski definition) is 5. The van der Waals surface area contributed by atoms with Gasteiger partial charge in [-0.25, -0.2) is 16.8 Å². The molecule has 0 amide bonds. The van der Waals surface area contributed by atoms with Gasteiger partial charge in [-0.2, -0.15) is 4.31 Å². The molecule has 0 aromatic heterocycles. The lowest BCUT2D eigenvalue weighted by atomic mass is 10.3. The van der Waals surface area contributed by atoms with Crippen molar-refractivity contribution in [2.75, 3.05) is 24.7 Å². The van der Waals surface area contributed by atoms with E-state index in [2.05, 4.69) is 15.9 Å². The maximum absolute atomic E-state index is 13.0. The van der Waals surface area contributed by atoms with E-state index >= 15 is 0 Å². The first-order valence-electron chi connectivity index (χ1n) is 7.36. The molecule has 0 bridgehead atoms. The van der Waals surface area contributed by atoms with Crippen LogP contribution in [0.5, 0.6) is 5.75 Å². The average molecular weight is 426 g/mol. The summed E-state index contributed by atoms with van der Waals surface area (Å²) < 4.78 is 56.8. The highest BCUT2D eigenvalue weighted by molar-refractivity contribution is 9.10. The van der Waals surface area contributed by atoms with E-state index < -0.39 is 25.9 Å². The van der Waals surface area contributed by atoms with E-state index in [9.17, 15) is 16.8 Å². The van der Waals surface area contributed by atoms with Crippen LogP contribution in [0.15, 0.2) is 27.6 Å². The van der Waals surface area contributed by atoms with Gasteiger partial charge >= 0.3 is 0 Å². The van der Waals surface area contributed by atoms with Crippen molar-refractivity contribution in [3.05, 3.63) is 22.7 Å². The Kier molecular flexibility index (Phi) is 5.76. The maximum Gasteiger partial charge on any atom is 0.247 e. The molecule has 1 aromatic rings. The Labute approximate surface area is 145 Å². The third-order valence-electron chi connectivity index (χ3n) is 3.72. The third kappa shape index (κ3) is 4.07. The Hall–Kier alpha value is -0.640. The molecular formula is C14H20BrNO5S2. The van der Waals surface area contributed by atoms with Crippen LogP contribution in [-0.2, 0) is 19.9 Å². The second kappa shape index (κ2) is 7.08. The van der Waals surface area contributed by atoms with Gasteiger partial charge in [0.25, 0.3) is 0 Å². The Balaban J connectivity index is 2.45.